The monoisotopic (exact) mass is 489 g/mol. The number of aryl methyl sites for hydroxylation is 1. The van der Waals surface area contributed by atoms with Crippen LogP contribution >= 0.6 is 0 Å². The van der Waals surface area contributed by atoms with Gasteiger partial charge < -0.3 is 0 Å². The summed E-state index contributed by atoms with van der Waals surface area (Å²) in [5, 5.41) is 3.64. The van der Waals surface area contributed by atoms with E-state index >= 15 is 0 Å². The lowest BCUT2D eigenvalue weighted by atomic mass is 10.0. The molecule has 0 aliphatic rings. The second-order valence-electron chi connectivity index (χ2n) is 8.69. The van der Waals surface area contributed by atoms with Crippen LogP contribution in [-0.2, 0) is 17.1 Å². The highest BCUT2D eigenvalue weighted by Crippen LogP contribution is 2.31. The third kappa shape index (κ3) is 4.54. The fourth-order valence-electron chi connectivity index (χ4n) is 3.87. The highest BCUT2D eigenvalue weighted by atomic mass is 32.2. The van der Waals surface area contributed by atoms with E-state index in [1.807, 2.05) is 42.1 Å². The number of sulfonamides is 1. The Hall–Kier alpha value is -3.98. The van der Waals surface area contributed by atoms with Gasteiger partial charge in [0.05, 0.1) is 28.2 Å². The summed E-state index contributed by atoms with van der Waals surface area (Å²) in [5.74, 6) is -0.337. The van der Waals surface area contributed by atoms with Crippen LogP contribution in [0.2, 0.25) is 0 Å². The lowest BCUT2D eigenvalue weighted by Crippen LogP contribution is -2.22. The van der Waals surface area contributed by atoms with Gasteiger partial charge in [-0.2, -0.15) is 5.10 Å². The molecular weight excluding hydrogens is 465 g/mol. The van der Waals surface area contributed by atoms with Gasteiger partial charge >= 0.3 is 0 Å². The Balaban J connectivity index is 1.63. The smallest absolute Gasteiger partial charge is 0.235 e. The minimum absolute atomic E-state index is 0.337. The molecule has 0 aliphatic carbocycles. The summed E-state index contributed by atoms with van der Waals surface area (Å²) in [4.78, 5) is 4.58. The van der Waals surface area contributed by atoms with E-state index in [-0.39, 0.29) is 5.82 Å². The van der Waals surface area contributed by atoms with Gasteiger partial charge in [-0.3, -0.25) is 14.0 Å². The van der Waals surface area contributed by atoms with Crippen LogP contribution in [0.15, 0.2) is 79.4 Å². The number of fused-ring (bicyclic) bond motifs is 1. The van der Waals surface area contributed by atoms with E-state index in [1.54, 1.807) is 55.3 Å². The van der Waals surface area contributed by atoms with E-state index in [0.717, 1.165) is 39.0 Å². The van der Waals surface area contributed by atoms with Gasteiger partial charge in [-0.15, -0.1) is 0 Å². The third-order valence-corrected chi connectivity index (χ3v) is 7.60. The van der Waals surface area contributed by atoms with Crippen molar-refractivity contribution in [3.8, 4) is 27.9 Å². The van der Waals surface area contributed by atoms with Crippen molar-refractivity contribution in [1.82, 2.24) is 19.3 Å². The van der Waals surface area contributed by atoms with Crippen LogP contribution in [0.4, 0.5) is 10.1 Å². The molecule has 0 aliphatic heterocycles. The molecule has 0 fully saturated rings. The van der Waals surface area contributed by atoms with E-state index in [4.69, 9.17) is 0 Å². The molecule has 0 unspecified atom stereocenters. The highest BCUT2D eigenvalue weighted by molar-refractivity contribution is 7.93. The third-order valence-electron chi connectivity index (χ3n) is 5.84. The Morgan fingerprint density at radius 2 is 1.66 bits per heavy atom. The summed E-state index contributed by atoms with van der Waals surface area (Å²) in [7, 11) is -1.69. The Kier molecular flexibility index (Phi) is 5.64. The molecule has 178 valence electrons. The van der Waals surface area contributed by atoms with E-state index in [9.17, 15) is 12.8 Å². The van der Waals surface area contributed by atoms with Crippen LogP contribution in [-0.4, -0.2) is 33.0 Å². The lowest BCUT2D eigenvalue weighted by molar-refractivity contribution is 0.593. The average Bonchev–Trinajstić information content (AvgIpc) is 3.44. The molecule has 1 N–H and O–H groups in total. The topological polar surface area (TPSA) is 81.8 Å². The van der Waals surface area contributed by atoms with Gasteiger partial charge in [0.2, 0.25) is 10.0 Å². The molecule has 2 heterocycles. The van der Waals surface area contributed by atoms with Crippen molar-refractivity contribution in [2.45, 2.75) is 19.1 Å². The minimum Gasteiger partial charge on any atom is -0.299 e. The van der Waals surface area contributed by atoms with E-state index < -0.39 is 15.3 Å². The molecule has 0 radical (unpaired) electrons. The van der Waals surface area contributed by atoms with Crippen molar-refractivity contribution in [3.63, 3.8) is 0 Å². The van der Waals surface area contributed by atoms with Gasteiger partial charge in [-0.1, -0.05) is 18.2 Å². The number of nitrogens with zero attached hydrogens (tertiary/aromatic N) is 4. The molecule has 0 amide bonds. The van der Waals surface area contributed by atoms with E-state index in [1.165, 1.54) is 12.1 Å². The second-order valence-corrected chi connectivity index (χ2v) is 10.9. The first kappa shape index (κ1) is 22.8. The summed E-state index contributed by atoms with van der Waals surface area (Å²) in [5.41, 5.74) is 6.32. The molecule has 5 aromatic rings. The van der Waals surface area contributed by atoms with Crippen LogP contribution in [0.3, 0.4) is 0 Å². The lowest BCUT2D eigenvalue weighted by Gasteiger charge is -2.15. The molecule has 0 saturated heterocycles. The molecule has 3 aromatic carbocycles. The fraction of sp³-hybridized carbons (Fsp3) is 0.154. The number of hydrogen-bond donors (Lipinski definition) is 1. The van der Waals surface area contributed by atoms with Crippen molar-refractivity contribution in [2.24, 2.45) is 7.05 Å². The molecule has 7 nitrogen and oxygen atoms in total. The first-order chi connectivity index (χ1) is 16.7. The number of nitrogens with one attached hydrogen (secondary N) is 1. The highest BCUT2D eigenvalue weighted by Gasteiger charge is 2.17. The average molecular weight is 490 g/mol. The first-order valence-corrected chi connectivity index (χ1v) is 12.6. The zero-order valence-electron chi connectivity index (χ0n) is 19.5. The fourth-order valence-corrected chi connectivity index (χ4v) is 4.55. The van der Waals surface area contributed by atoms with Crippen LogP contribution in [0, 0.1) is 5.82 Å². The van der Waals surface area contributed by atoms with Gasteiger partial charge in [0, 0.05) is 24.5 Å². The van der Waals surface area contributed by atoms with Gasteiger partial charge in [-0.05, 0) is 73.0 Å². The summed E-state index contributed by atoms with van der Waals surface area (Å²) in [6.45, 7) is 3.24. The number of aromatic nitrogens is 4. The molecule has 0 saturated carbocycles. The predicted octanol–water partition coefficient (Wildman–Crippen LogP) is 5.38. The number of imidazole rings is 1. The van der Waals surface area contributed by atoms with Gasteiger partial charge in [0.15, 0.2) is 0 Å². The summed E-state index contributed by atoms with van der Waals surface area (Å²) in [6, 6.07) is 17.5. The van der Waals surface area contributed by atoms with Crippen LogP contribution in [0.1, 0.15) is 13.8 Å². The predicted molar refractivity (Wildman–Crippen MR) is 136 cm³/mol. The summed E-state index contributed by atoms with van der Waals surface area (Å²) in [6.07, 6.45) is 5.46. The maximum absolute atomic E-state index is 13.5. The normalized spacial score (nSPS) is 11.9. The maximum Gasteiger partial charge on any atom is 0.235 e. The Morgan fingerprint density at radius 3 is 2.34 bits per heavy atom. The minimum atomic E-state index is -3.56. The second kappa shape index (κ2) is 8.66. The molecule has 9 heteroatoms. The van der Waals surface area contributed by atoms with E-state index in [0.29, 0.717) is 5.69 Å². The molecule has 0 bridgehead atoms. The van der Waals surface area contributed by atoms with Crippen LogP contribution < -0.4 is 4.72 Å². The zero-order valence-corrected chi connectivity index (χ0v) is 20.3. The SMILES string of the molecule is CC(C)S(=O)(=O)Nc1cc(-c2ccc(F)cc2)cc(-n2cnc3cc(-c4cnn(C)c4)ccc32)c1. The van der Waals surface area contributed by atoms with Crippen molar-refractivity contribution in [3.05, 3.63) is 85.2 Å². The van der Waals surface area contributed by atoms with E-state index in [2.05, 4.69) is 14.8 Å². The molecule has 0 atom stereocenters. The summed E-state index contributed by atoms with van der Waals surface area (Å²) < 4.78 is 45.0. The van der Waals surface area contributed by atoms with Crippen molar-refractivity contribution in [1.29, 1.82) is 0 Å². The largest absolute Gasteiger partial charge is 0.299 e. The van der Waals surface area contributed by atoms with Gasteiger partial charge in [0.1, 0.15) is 12.1 Å². The first-order valence-electron chi connectivity index (χ1n) is 11.1. The molecular formula is C26H24FN5O2S. The molecule has 5 rings (SSSR count). The van der Waals surface area contributed by atoms with Gasteiger partial charge in [0.25, 0.3) is 0 Å². The number of rotatable bonds is 6. The number of halogens is 1. The molecule has 2 aromatic heterocycles. The molecule has 0 spiro atoms. The zero-order chi connectivity index (χ0) is 24.7. The van der Waals surface area contributed by atoms with Crippen molar-refractivity contribution >= 4 is 26.7 Å². The number of benzene rings is 3. The van der Waals surface area contributed by atoms with Crippen molar-refractivity contribution < 1.29 is 12.8 Å². The molecule has 35 heavy (non-hydrogen) atoms. The number of hydrogen-bond acceptors (Lipinski definition) is 4. The Labute approximate surface area is 202 Å². The number of anilines is 1. The Morgan fingerprint density at radius 1 is 0.914 bits per heavy atom. The van der Waals surface area contributed by atoms with Crippen molar-refractivity contribution in [2.75, 3.05) is 4.72 Å². The van der Waals surface area contributed by atoms with Gasteiger partial charge in [-0.25, -0.2) is 17.8 Å². The Bertz CT molecular complexity index is 1640. The van der Waals surface area contributed by atoms with Crippen LogP contribution in [0.25, 0.3) is 39.0 Å². The quantitative estimate of drug-likeness (QED) is 0.347. The standard InChI is InChI=1S/C26H24FN5O2S/c1-17(2)35(33,34)30-23-10-20(18-4-7-22(27)8-5-18)11-24(13-23)32-16-28-25-12-19(6-9-26(25)32)21-14-29-31(3)15-21/h4-17,30H,1-3H3. The summed E-state index contributed by atoms with van der Waals surface area (Å²) >= 11 is 0. The maximum atomic E-state index is 13.5. The van der Waals surface area contributed by atoms with Crippen LogP contribution in [0.5, 0.6) is 0 Å².